The van der Waals surface area contributed by atoms with E-state index in [9.17, 15) is 5.11 Å². The van der Waals surface area contributed by atoms with Crippen molar-refractivity contribution in [1.29, 1.82) is 0 Å². The number of aliphatic hydroxyl groups is 3. The molecule has 2 rings (SSSR count). The molecule has 0 heterocycles. The SMILES string of the molecule is CNC(C)C(O)c1ccccc1.COc1ccccc1OCC(O)CO.Cl. The lowest BCUT2D eigenvalue weighted by Crippen LogP contribution is -2.28. The van der Waals surface area contributed by atoms with Crippen LogP contribution in [-0.2, 0) is 0 Å². The van der Waals surface area contributed by atoms with Crippen LogP contribution in [0.25, 0.3) is 0 Å². The number of likely N-dealkylation sites (N-methyl/N-ethyl adjacent to an activating group) is 1. The van der Waals surface area contributed by atoms with Crippen LogP contribution < -0.4 is 14.8 Å². The number of ether oxygens (including phenoxy) is 2. The lowest BCUT2D eigenvalue weighted by Gasteiger charge is -2.17. The third-order valence-electron chi connectivity index (χ3n) is 3.78. The molecule has 7 heteroatoms. The first-order valence-electron chi connectivity index (χ1n) is 8.48. The summed E-state index contributed by atoms with van der Waals surface area (Å²) in [4.78, 5) is 0. The van der Waals surface area contributed by atoms with Gasteiger partial charge in [0.15, 0.2) is 11.5 Å². The highest BCUT2D eigenvalue weighted by atomic mass is 35.5. The zero-order valence-electron chi connectivity index (χ0n) is 15.9. The van der Waals surface area contributed by atoms with Gasteiger partial charge in [-0.2, -0.15) is 0 Å². The van der Waals surface area contributed by atoms with Gasteiger partial charge in [0, 0.05) is 6.04 Å². The standard InChI is InChI=1S/C10H15NO.C10H14O4.ClH/c1-8(11-2)10(12)9-6-4-3-5-7-9;1-13-9-4-2-3-5-10(9)14-7-8(12)6-11;/h3-8,10-12H,1-2H3;2-5,8,11-12H,6-7H2,1H3;1H. The van der Waals surface area contributed by atoms with E-state index < -0.39 is 12.2 Å². The van der Waals surface area contributed by atoms with E-state index in [2.05, 4.69) is 5.32 Å². The van der Waals surface area contributed by atoms with Crippen LogP contribution in [0.3, 0.4) is 0 Å². The number of rotatable bonds is 8. The maximum atomic E-state index is 9.73. The van der Waals surface area contributed by atoms with Crippen LogP contribution in [0.5, 0.6) is 11.5 Å². The van der Waals surface area contributed by atoms with Crippen molar-refractivity contribution in [2.24, 2.45) is 0 Å². The van der Waals surface area contributed by atoms with Gasteiger partial charge < -0.3 is 30.1 Å². The average molecular weight is 400 g/mol. The van der Waals surface area contributed by atoms with Gasteiger partial charge in [-0.15, -0.1) is 12.4 Å². The van der Waals surface area contributed by atoms with Gasteiger partial charge >= 0.3 is 0 Å². The molecule has 4 N–H and O–H groups in total. The van der Waals surface area contributed by atoms with Crippen molar-refractivity contribution in [2.45, 2.75) is 25.2 Å². The van der Waals surface area contributed by atoms with Crippen molar-refractivity contribution in [3.05, 3.63) is 60.2 Å². The highest BCUT2D eigenvalue weighted by Crippen LogP contribution is 2.25. The third kappa shape index (κ3) is 9.08. The molecule has 0 aliphatic heterocycles. The molecule has 0 bridgehead atoms. The number of aliphatic hydroxyl groups excluding tert-OH is 3. The van der Waals surface area contributed by atoms with E-state index in [1.54, 1.807) is 19.2 Å². The van der Waals surface area contributed by atoms with Crippen molar-refractivity contribution in [1.82, 2.24) is 5.32 Å². The largest absolute Gasteiger partial charge is 0.493 e. The van der Waals surface area contributed by atoms with Gasteiger partial charge in [0.1, 0.15) is 12.7 Å². The topological polar surface area (TPSA) is 91.2 Å². The first-order valence-corrected chi connectivity index (χ1v) is 8.48. The number of hydrogen-bond donors (Lipinski definition) is 4. The van der Waals surface area contributed by atoms with Crippen LogP contribution in [0.1, 0.15) is 18.6 Å². The van der Waals surface area contributed by atoms with Crippen molar-refractivity contribution in [3.8, 4) is 11.5 Å². The molecule has 152 valence electrons. The van der Waals surface area contributed by atoms with Gasteiger partial charge in [0.05, 0.1) is 19.8 Å². The summed E-state index contributed by atoms with van der Waals surface area (Å²) in [5.41, 5.74) is 0.958. The monoisotopic (exact) mass is 399 g/mol. The predicted octanol–water partition coefficient (Wildman–Crippen LogP) is 2.18. The summed E-state index contributed by atoms with van der Waals surface area (Å²) in [5, 5.41) is 30.4. The molecule has 0 aliphatic carbocycles. The Balaban J connectivity index is 0.000000488. The third-order valence-corrected chi connectivity index (χ3v) is 3.78. The average Bonchev–Trinajstić information content (AvgIpc) is 2.72. The summed E-state index contributed by atoms with van der Waals surface area (Å²) in [6, 6.07) is 16.9. The van der Waals surface area contributed by atoms with Gasteiger partial charge in [-0.25, -0.2) is 0 Å². The Morgan fingerprint density at radius 1 is 0.963 bits per heavy atom. The zero-order valence-corrected chi connectivity index (χ0v) is 16.7. The smallest absolute Gasteiger partial charge is 0.161 e. The zero-order chi connectivity index (χ0) is 19.4. The van der Waals surface area contributed by atoms with Crippen LogP contribution in [0.4, 0.5) is 0 Å². The van der Waals surface area contributed by atoms with Crippen molar-refractivity contribution < 1.29 is 24.8 Å². The van der Waals surface area contributed by atoms with Crippen molar-refractivity contribution in [2.75, 3.05) is 27.4 Å². The Bertz CT molecular complexity index is 614. The second-order valence-corrected chi connectivity index (χ2v) is 5.73. The van der Waals surface area contributed by atoms with E-state index in [1.807, 2.05) is 56.4 Å². The lowest BCUT2D eigenvalue weighted by molar-refractivity contribution is 0.0527. The Kier molecular flexibility index (Phi) is 13.3. The lowest BCUT2D eigenvalue weighted by atomic mass is 10.0. The summed E-state index contributed by atoms with van der Waals surface area (Å²) in [5.74, 6) is 1.17. The number of para-hydroxylation sites is 2. The van der Waals surface area contributed by atoms with Gasteiger partial charge in [0.2, 0.25) is 0 Å². The van der Waals surface area contributed by atoms with Crippen LogP contribution in [0.2, 0.25) is 0 Å². The van der Waals surface area contributed by atoms with Gasteiger partial charge in [-0.3, -0.25) is 0 Å². The maximum Gasteiger partial charge on any atom is 0.161 e. The van der Waals surface area contributed by atoms with E-state index in [1.165, 1.54) is 0 Å². The molecule has 2 aromatic rings. The van der Waals surface area contributed by atoms with Crippen LogP contribution >= 0.6 is 12.4 Å². The van der Waals surface area contributed by atoms with Gasteiger partial charge in [-0.05, 0) is 31.7 Å². The van der Waals surface area contributed by atoms with E-state index in [-0.39, 0.29) is 31.7 Å². The number of halogens is 1. The highest BCUT2D eigenvalue weighted by Gasteiger charge is 2.13. The minimum Gasteiger partial charge on any atom is -0.493 e. The van der Waals surface area contributed by atoms with Crippen LogP contribution in [-0.4, -0.2) is 54.8 Å². The summed E-state index contributed by atoms with van der Waals surface area (Å²) in [6.07, 6.45) is -1.28. The molecule has 0 fully saturated rings. The molecule has 0 saturated heterocycles. The Hall–Kier alpha value is -1.83. The minimum atomic E-state index is -0.861. The van der Waals surface area contributed by atoms with E-state index >= 15 is 0 Å². The fraction of sp³-hybridized carbons (Fsp3) is 0.400. The van der Waals surface area contributed by atoms with Crippen molar-refractivity contribution >= 4 is 12.4 Å². The molecular formula is C20H30ClNO5. The van der Waals surface area contributed by atoms with Crippen molar-refractivity contribution in [3.63, 3.8) is 0 Å². The van der Waals surface area contributed by atoms with E-state index in [4.69, 9.17) is 19.7 Å². The predicted molar refractivity (Wildman–Crippen MR) is 109 cm³/mol. The molecular weight excluding hydrogens is 370 g/mol. The summed E-state index contributed by atoms with van der Waals surface area (Å²) >= 11 is 0. The Labute approximate surface area is 167 Å². The maximum absolute atomic E-state index is 9.73. The fourth-order valence-corrected chi connectivity index (χ4v) is 2.07. The minimum absolute atomic E-state index is 0. The van der Waals surface area contributed by atoms with Gasteiger partial charge in [0.25, 0.3) is 0 Å². The Morgan fingerprint density at radius 3 is 2.04 bits per heavy atom. The summed E-state index contributed by atoms with van der Waals surface area (Å²) in [6.45, 7) is 1.70. The second kappa shape index (κ2) is 14.3. The normalized spacial score (nSPS) is 13.3. The molecule has 3 atom stereocenters. The van der Waals surface area contributed by atoms with E-state index in [0.29, 0.717) is 11.5 Å². The first kappa shape index (κ1) is 25.2. The van der Waals surface area contributed by atoms with Crippen LogP contribution in [0.15, 0.2) is 54.6 Å². The fourth-order valence-electron chi connectivity index (χ4n) is 2.07. The molecule has 0 radical (unpaired) electrons. The van der Waals surface area contributed by atoms with Crippen LogP contribution in [0, 0.1) is 0 Å². The quantitative estimate of drug-likeness (QED) is 0.544. The molecule has 0 spiro atoms. The molecule has 0 aromatic heterocycles. The van der Waals surface area contributed by atoms with E-state index in [0.717, 1.165) is 5.56 Å². The molecule has 0 saturated carbocycles. The molecule has 3 unspecified atom stereocenters. The highest BCUT2D eigenvalue weighted by molar-refractivity contribution is 5.85. The molecule has 27 heavy (non-hydrogen) atoms. The molecule has 2 aromatic carbocycles. The summed E-state index contributed by atoms with van der Waals surface area (Å²) in [7, 11) is 3.39. The number of hydrogen-bond acceptors (Lipinski definition) is 6. The van der Waals surface area contributed by atoms with Gasteiger partial charge in [-0.1, -0.05) is 42.5 Å². The first-order chi connectivity index (χ1) is 12.5. The number of benzene rings is 2. The second-order valence-electron chi connectivity index (χ2n) is 5.73. The number of nitrogens with one attached hydrogen (secondary N) is 1. The molecule has 6 nitrogen and oxygen atoms in total. The number of methoxy groups -OCH3 is 1. The summed E-state index contributed by atoms with van der Waals surface area (Å²) < 4.78 is 10.3. The molecule has 0 amide bonds. The Morgan fingerprint density at radius 2 is 1.52 bits per heavy atom. The molecule has 0 aliphatic rings.